The molecule has 1 heteroatoms. The zero-order valence-electron chi connectivity index (χ0n) is 12.7. The summed E-state index contributed by atoms with van der Waals surface area (Å²) in [6.45, 7) is 6.15. The van der Waals surface area contributed by atoms with Crippen LogP contribution in [0.1, 0.15) is 75.2 Å². The predicted molar refractivity (Wildman–Crippen MR) is 82.7 cm³/mol. The molecule has 0 radical (unpaired) electrons. The molecular formula is C18H28O. The van der Waals surface area contributed by atoms with E-state index < -0.39 is 0 Å². The molecule has 0 saturated carbocycles. The molecule has 0 spiro atoms. The second-order valence-electron chi connectivity index (χ2n) is 5.73. The van der Waals surface area contributed by atoms with E-state index in [1.807, 2.05) is 26.0 Å². The van der Waals surface area contributed by atoms with Gasteiger partial charge in [0.2, 0.25) is 0 Å². The van der Waals surface area contributed by atoms with Gasteiger partial charge >= 0.3 is 0 Å². The van der Waals surface area contributed by atoms with Crippen molar-refractivity contribution in [2.24, 2.45) is 5.92 Å². The Kier molecular flexibility index (Phi) is 7.47. The summed E-state index contributed by atoms with van der Waals surface area (Å²) in [5.41, 5.74) is 2.21. The van der Waals surface area contributed by atoms with Crippen LogP contribution in [0.25, 0.3) is 0 Å². The molecule has 0 amide bonds. The number of unbranched alkanes of at least 4 members (excludes halogenated alkanes) is 5. The smallest absolute Gasteiger partial charge is 0.165 e. The molecule has 0 aliphatic carbocycles. The zero-order chi connectivity index (χ0) is 14.1. The van der Waals surface area contributed by atoms with E-state index in [4.69, 9.17) is 0 Å². The Morgan fingerprint density at radius 3 is 2.11 bits per heavy atom. The van der Waals surface area contributed by atoms with Gasteiger partial charge in [-0.15, -0.1) is 0 Å². The Morgan fingerprint density at radius 2 is 1.53 bits per heavy atom. The third-order valence-corrected chi connectivity index (χ3v) is 3.58. The highest BCUT2D eigenvalue weighted by atomic mass is 16.1. The average molecular weight is 260 g/mol. The van der Waals surface area contributed by atoms with Crippen LogP contribution in [-0.4, -0.2) is 5.78 Å². The summed E-state index contributed by atoms with van der Waals surface area (Å²) >= 11 is 0. The standard InChI is InChI=1S/C18H28O/c1-4-5-6-7-8-9-10-16-11-13-17(14-12-16)18(19)15(2)3/h11-15H,4-10H2,1-3H3. The van der Waals surface area contributed by atoms with E-state index in [1.54, 1.807) is 0 Å². The molecule has 19 heavy (non-hydrogen) atoms. The topological polar surface area (TPSA) is 17.1 Å². The molecule has 1 nitrogen and oxygen atoms in total. The van der Waals surface area contributed by atoms with Crippen molar-refractivity contribution in [2.75, 3.05) is 0 Å². The fraction of sp³-hybridized carbons (Fsp3) is 0.611. The van der Waals surface area contributed by atoms with Crippen molar-refractivity contribution in [3.8, 4) is 0 Å². The van der Waals surface area contributed by atoms with Crippen molar-refractivity contribution in [1.82, 2.24) is 0 Å². The maximum atomic E-state index is 11.8. The maximum absolute atomic E-state index is 11.8. The number of carbonyl (C=O) groups is 1. The van der Waals surface area contributed by atoms with E-state index >= 15 is 0 Å². The minimum atomic E-state index is 0.0874. The third kappa shape index (κ3) is 6.04. The number of aryl methyl sites for hydroxylation is 1. The molecule has 0 atom stereocenters. The molecule has 0 aliphatic heterocycles. The van der Waals surface area contributed by atoms with Gasteiger partial charge in [0.25, 0.3) is 0 Å². The van der Waals surface area contributed by atoms with Gasteiger partial charge in [-0.05, 0) is 18.4 Å². The van der Waals surface area contributed by atoms with Crippen molar-refractivity contribution in [2.45, 2.75) is 65.7 Å². The van der Waals surface area contributed by atoms with Crippen LogP contribution in [0.4, 0.5) is 0 Å². The number of hydrogen-bond acceptors (Lipinski definition) is 1. The second kappa shape index (κ2) is 8.90. The molecule has 1 rings (SSSR count). The minimum Gasteiger partial charge on any atom is -0.294 e. The molecule has 1 aromatic rings. The van der Waals surface area contributed by atoms with Crippen molar-refractivity contribution in [3.63, 3.8) is 0 Å². The quantitative estimate of drug-likeness (QED) is 0.427. The lowest BCUT2D eigenvalue weighted by Gasteiger charge is -2.06. The molecule has 0 heterocycles. The van der Waals surface area contributed by atoms with Gasteiger partial charge in [0.15, 0.2) is 5.78 Å². The normalized spacial score (nSPS) is 10.9. The first-order chi connectivity index (χ1) is 9.15. The van der Waals surface area contributed by atoms with E-state index in [0.717, 1.165) is 12.0 Å². The van der Waals surface area contributed by atoms with Crippen molar-refractivity contribution in [3.05, 3.63) is 35.4 Å². The summed E-state index contributed by atoms with van der Waals surface area (Å²) in [6, 6.07) is 8.19. The lowest BCUT2D eigenvalue weighted by molar-refractivity contribution is 0.0939. The molecule has 0 fully saturated rings. The Hall–Kier alpha value is -1.11. The first kappa shape index (κ1) is 15.9. The molecule has 1 aromatic carbocycles. The fourth-order valence-corrected chi connectivity index (χ4v) is 2.28. The van der Waals surface area contributed by atoms with E-state index in [0.29, 0.717) is 0 Å². The van der Waals surface area contributed by atoms with Crippen LogP contribution in [0.15, 0.2) is 24.3 Å². The van der Waals surface area contributed by atoms with Crippen molar-refractivity contribution < 1.29 is 4.79 Å². The number of ketones is 1. The summed E-state index contributed by atoms with van der Waals surface area (Å²) in [5, 5.41) is 0. The van der Waals surface area contributed by atoms with Gasteiger partial charge in [0, 0.05) is 11.5 Å². The van der Waals surface area contributed by atoms with Gasteiger partial charge in [-0.1, -0.05) is 77.1 Å². The average Bonchev–Trinajstić information content (AvgIpc) is 2.42. The summed E-state index contributed by atoms with van der Waals surface area (Å²) in [6.07, 6.45) is 9.14. The molecule has 0 N–H and O–H groups in total. The molecule has 106 valence electrons. The fourth-order valence-electron chi connectivity index (χ4n) is 2.28. The highest BCUT2D eigenvalue weighted by Gasteiger charge is 2.09. The van der Waals surface area contributed by atoms with Crippen LogP contribution in [0, 0.1) is 5.92 Å². The highest BCUT2D eigenvalue weighted by molar-refractivity contribution is 5.97. The van der Waals surface area contributed by atoms with Crippen LogP contribution in [-0.2, 0) is 6.42 Å². The van der Waals surface area contributed by atoms with Crippen LogP contribution in [0.2, 0.25) is 0 Å². The molecule has 0 aromatic heterocycles. The van der Waals surface area contributed by atoms with Gasteiger partial charge in [-0.2, -0.15) is 0 Å². The predicted octanol–water partition coefficient (Wildman–Crippen LogP) is 5.43. The van der Waals surface area contributed by atoms with Gasteiger partial charge in [-0.25, -0.2) is 0 Å². The third-order valence-electron chi connectivity index (χ3n) is 3.58. The zero-order valence-corrected chi connectivity index (χ0v) is 12.7. The molecule has 0 bridgehead atoms. The van der Waals surface area contributed by atoms with Gasteiger partial charge in [-0.3, -0.25) is 4.79 Å². The van der Waals surface area contributed by atoms with E-state index in [9.17, 15) is 4.79 Å². The Bertz CT molecular complexity index is 362. The number of Topliss-reactive ketones (excluding diaryl/α,β-unsaturated/α-hetero) is 1. The van der Waals surface area contributed by atoms with Crippen molar-refractivity contribution in [1.29, 1.82) is 0 Å². The van der Waals surface area contributed by atoms with E-state index in [2.05, 4.69) is 19.1 Å². The van der Waals surface area contributed by atoms with Gasteiger partial charge in [0.1, 0.15) is 0 Å². The first-order valence-corrected chi connectivity index (χ1v) is 7.78. The monoisotopic (exact) mass is 260 g/mol. The highest BCUT2D eigenvalue weighted by Crippen LogP contribution is 2.13. The van der Waals surface area contributed by atoms with Crippen molar-refractivity contribution >= 4 is 5.78 Å². The summed E-state index contributed by atoms with van der Waals surface area (Å²) in [5.74, 6) is 0.329. The lowest BCUT2D eigenvalue weighted by Crippen LogP contribution is -2.07. The Balaban J connectivity index is 2.30. The Morgan fingerprint density at radius 1 is 0.947 bits per heavy atom. The van der Waals surface area contributed by atoms with Crippen LogP contribution >= 0.6 is 0 Å². The summed E-state index contributed by atoms with van der Waals surface area (Å²) in [7, 11) is 0. The second-order valence-corrected chi connectivity index (χ2v) is 5.73. The van der Waals surface area contributed by atoms with Crippen LogP contribution in [0.3, 0.4) is 0 Å². The van der Waals surface area contributed by atoms with E-state index in [1.165, 1.54) is 44.1 Å². The van der Waals surface area contributed by atoms with E-state index in [-0.39, 0.29) is 11.7 Å². The van der Waals surface area contributed by atoms with Gasteiger partial charge < -0.3 is 0 Å². The van der Waals surface area contributed by atoms with Crippen LogP contribution in [0.5, 0.6) is 0 Å². The summed E-state index contributed by atoms with van der Waals surface area (Å²) in [4.78, 5) is 11.8. The Labute approximate surface area is 118 Å². The van der Waals surface area contributed by atoms with Gasteiger partial charge in [0.05, 0.1) is 0 Å². The maximum Gasteiger partial charge on any atom is 0.165 e. The minimum absolute atomic E-state index is 0.0874. The number of rotatable bonds is 9. The molecule has 0 unspecified atom stereocenters. The number of hydrogen-bond donors (Lipinski definition) is 0. The lowest BCUT2D eigenvalue weighted by atomic mass is 9.98. The number of carbonyl (C=O) groups excluding carboxylic acids is 1. The first-order valence-electron chi connectivity index (χ1n) is 7.78. The largest absolute Gasteiger partial charge is 0.294 e. The molecule has 0 aliphatic rings. The molecule has 0 saturated heterocycles. The van der Waals surface area contributed by atoms with Crippen LogP contribution < -0.4 is 0 Å². The number of benzene rings is 1. The summed E-state index contributed by atoms with van der Waals surface area (Å²) < 4.78 is 0. The SMILES string of the molecule is CCCCCCCCc1ccc(C(=O)C(C)C)cc1. The molecular weight excluding hydrogens is 232 g/mol.